The summed E-state index contributed by atoms with van der Waals surface area (Å²) in [5, 5.41) is 9.23. The lowest BCUT2D eigenvalue weighted by atomic mass is 10.2. The number of hydrogen-bond acceptors (Lipinski definition) is 5. The molecule has 0 N–H and O–H groups in total. The molecule has 0 amide bonds. The van der Waals surface area contributed by atoms with E-state index in [1.54, 1.807) is 24.3 Å². The fraction of sp³-hybridized carbons (Fsp3) is 0.357. The van der Waals surface area contributed by atoms with Crippen LogP contribution in [-0.4, -0.2) is 11.1 Å². The Morgan fingerprint density at radius 1 is 1.45 bits per heavy atom. The molecule has 20 heavy (non-hydrogen) atoms. The lowest BCUT2D eigenvalue weighted by Gasteiger charge is -2.04. The number of hydrogen-bond donors (Lipinski definition) is 0. The van der Waals surface area contributed by atoms with E-state index in [1.165, 1.54) is 12.1 Å². The standard InChI is InChI=1S/C14H17NO5/c1-2-3-4-5-9-14(16)20-13-8-6-7-12(10-13)11-19-15(17)18/h5-10H,2-4,11H2,1H3. The van der Waals surface area contributed by atoms with Crippen LogP contribution in [0.15, 0.2) is 36.4 Å². The summed E-state index contributed by atoms with van der Waals surface area (Å²) in [4.78, 5) is 25.8. The predicted molar refractivity (Wildman–Crippen MR) is 72.5 cm³/mol. The van der Waals surface area contributed by atoms with E-state index in [0.29, 0.717) is 11.3 Å². The Morgan fingerprint density at radius 2 is 2.25 bits per heavy atom. The average Bonchev–Trinajstić information content (AvgIpc) is 2.42. The molecule has 0 fully saturated rings. The van der Waals surface area contributed by atoms with Crippen LogP contribution in [0.2, 0.25) is 0 Å². The van der Waals surface area contributed by atoms with E-state index in [1.807, 2.05) is 0 Å². The third-order valence-electron chi connectivity index (χ3n) is 2.43. The number of nitrogens with zero attached hydrogens (tertiary/aromatic N) is 1. The third-order valence-corrected chi connectivity index (χ3v) is 2.43. The lowest BCUT2D eigenvalue weighted by molar-refractivity contribution is -0.763. The summed E-state index contributed by atoms with van der Waals surface area (Å²) < 4.78 is 5.09. The summed E-state index contributed by atoms with van der Waals surface area (Å²) in [6.45, 7) is 1.90. The second-order valence-electron chi connectivity index (χ2n) is 4.11. The molecule has 6 nitrogen and oxygen atoms in total. The highest BCUT2D eigenvalue weighted by Crippen LogP contribution is 2.14. The molecule has 1 rings (SSSR count). The van der Waals surface area contributed by atoms with Crippen LogP contribution in [0.3, 0.4) is 0 Å². The number of carbonyl (C=O) groups excluding carboxylic acids is 1. The van der Waals surface area contributed by atoms with Gasteiger partial charge in [-0.2, -0.15) is 0 Å². The number of unbranched alkanes of at least 4 members (excludes halogenated alkanes) is 2. The van der Waals surface area contributed by atoms with E-state index in [2.05, 4.69) is 11.8 Å². The number of allylic oxidation sites excluding steroid dienone is 1. The van der Waals surface area contributed by atoms with Gasteiger partial charge in [0, 0.05) is 6.08 Å². The first kappa shape index (κ1) is 15.7. The fourth-order valence-electron chi connectivity index (χ4n) is 1.48. The van der Waals surface area contributed by atoms with E-state index >= 15 is 0 Å². The highest BCUT2D eigenvalue weighted by Gasteiger charge is 2.03. The van der Waals surface area contributed by atoms with Crippen molar-refractivity contribution in [1.29, 1.82) is 0 Å². The number of carbonyl (C=O) groups is 1. The van der Waals surface area contributed by atoms with Gasteiger partial charge in [0.2, 0.25) is 0 Å². The summed E-state index contributed by atoms with van der Waals surface area (Å²) in [6, 6.07) is 6.43. The predicted octanol–water partition coefficient (Wildman–Crippen LogP) is 3.05. The molecule has 1 aromatic carbocycles. The van der Waals surface area contributed by atoms with E-state index < -0.39 is 11.1 Å². The van der Waals surface area contributed by atoms with Crippen LogP contribution in [0.5, 0.6) is 5.75 Å². The van der Waals surface area contributed by atoms with Gasteiger partial charge in [-0.15, -0.1) is 10.1 Å². The van der Waals surface area contributed by atoms with Gasteiger partial charge in [0.1, 0.15) is 12.4 Å². The molecule has 0 bridgehead atoms. The molecule has 0 spiro atoms. The first-order valence-electron chi connectivity index (χ1n) is 6.36. The Hall–Kier alpha value is -2.37. The summed E-state index contributed by atoms with van der Waals surface area (Å²) in [6.07, 6.45) is 6.08. The molecule has 0 saturated carbocycles. The fourth-order valence-corrected chi connectivity index (χ4v) is 1.48. The lowest BCUT2D eigenvalue weighted by Crippen LogP contribution is -2.05. The maximum absolute atomic E-state index is 11.5. The highest BCUT2D eigenvalue weighted by molar-refractivity contribution is 5.83. The normalized spacial score (nSPS) is 10.4. The number of benzene rings is 1. The first-order valence-corrected chi connectivity index (χ1v) is 6.36. The molecule has 0 aliphatic carbocycles. The zero-order valence-electron chi connectivity index (χ0n) is 11.3. The van der Waals surface area contributed by atoms with Crippen LogP contribution >= 0.6 is 0 Å². The van der Waals surface area contributed by atoms with Crippen molar-refractivity contribution in [3.8, 4) is 5.75 Å². The van der Waals surface area contributed by atoms with Gasteiger partial charge in [0.15, 0.2) is 0 Å². The van der Waals surface area contributed by atoms with Gasteiger partial charge in [0.05, 0.1) is 0 Å². The smallest absolute Gasteiger partial charge is 0.335 e. The van der Waals surface area contributed by atoms with E-state index in [4.69, 9.17) is 4.74 Å². The zero-order valence-corrected chi connectivity index (χ0v) is 11.3. The second kappa shape index (κ2) is 8.68. The largest absolute Gasteiger partial charge is 0.423 e. The highest BCUT2D eigenvalue weighted by atomic mass is 16.9. The van der Waals surface area contributed by atoms with Crippen molar-refractivity contribution in [1.82, 2.24) is 0 Å². The Balaban J connectivity index is 2.50. The summed E-state index contributed by atoms with van der Waals surface area (Å²) >= 11 is 0. The SMILES string of the molecule is CCCCC=CC(=O)Oc1cccc(CO[N+](=O)[O-])c1. The van der Waals surface area contributed by atoms with Crippen LogP contribution in [0, 0.1) is 10.1 Å². The molecular weight excluding hydrogens is 262 g/mol. The Kier molecular flexibility index (Phi) is 6.81. The molecule has 1 aromatic rings. The van der Waals surface area contributed by atoms with E-state index in [0.717, 1.165) is 19.3 Å². The minimum Gasteiger partial charge on any atom is -0.423 e. The average molecular weight is 279 g/mol. The minimum absolute atomic E-state index is 0.176. The molecule has 0 unspecified atom stereocenters. The number of esters is 1. The molecule has 6 heteroatoms. The van der Waals surface area contributed by atoms with Gasteiger partial charge in [-0.3, -0.25) is 0 Å². The van der Waals surface area contributed by atoms with Crippen molar-refractivity contribution in [2.24, 2.45) is 0 Å². The Bertz CT molecular complexity index is 484. The van der Waals surface area contributed by atoms with Crippen molar-refractivity contribution in [2.45, 2.75) is 32.8 Å². The van der Waals surface area contributed by atoms with Gasteiger partial charge >= 0.3 is 5.97 Å². The van der Waals surface area contributed by atoms with E-state index in [-0.39, 0.29) is 6.61 Å². The number of rotatable bonds is 8. The maximum Gasteiger partial charge on any atom is 0.335 e. The summed E-state index contributed by atoms with van der Waals surface area (Å²) in [5.41, 5.74) is 0.557. The Labute approximate surface area is 117 Å². The Morgan fingerprint density at radius 3 is 2.95 bits per heavy atom. The van der Waals surface area contributed by atoms with Crippen LogP contribution in [0.4, 0.5) is 0 Å². The first-order chi connectivity index (χ1) is 9.61. The molecule has 0 heterocycles. The maximum atomic E-state index is 11.5. The zero-order chi connectivity index (χ0) is 14.8. The summed E-state index contributed by atoms with van der Waals surface area (Å²) in [5.74, 6) is -0.131. The van der Waals surface area contributed by atoms with Crippen molar-refractivity contribution in [3.05, 3.63) is 52.1 Å². The quantitative estimate of drug-likeness (QED) is 0.182. The number of ether oxygens (including phenoxy) is 1. The van der Waals surface area contributed by atoms with Crippen molar-refractivity contribution < 1.29 is 19.5 Å². The van der Waals surface area contributed by atoms with Gasteiger partial charge in [-0.1, -0.05) is 38.0 Å². The monoisotopic (exact) mass is 279 g/mol. The molecule has 0 saturated heterocycles. The van der Waals surface area contributed by atoms with Crippen LogP contribution in [0.1, 0.15) is 31.7 Å². The van der Waals surface area contributed by atoms with Gasteiger partial charge in [-0.25, -0.2) is 4.79 Å². The van der Waals surface area contributed by atoms with Crippen LogP contribution in [-0.2, 0) is 16.2 Å². The minimum atomic E-state index is -0.866. The molecule has 0 aromatic heterocycles. The molecule has 0 radical (unpaired) electrons. The van der Waals surface area contributed by atoms with Crippen LogP contribution < -0.4 is 4.74 Å². The van der Waals surface area contributed by atoms with Crippen LogP contribution in [0.25, 0.3) is 0 Å². The van der Waals surface area contributed by atoms with Crippen molar-refractivity contribution >= 4 is 5.97 Å². The third kappa shape index (κ3) is 6.53. The second-order valence-corrected chi connectivity index (χ2v) is 4.11. The molecule has 0 aliphatic heterocycles. The topological polar surface area (TPSA) is 78.7 Å². The van der Waals surface area contributed by atoms with Gasteiger partial charge in [0.25, 0.3) is 5.09 Å². The summed E-state index contributed by atoms with van der Waals surface area (Å²) in [7, 11) is 0. The van der Waals surface area contributed by atoms with Crippen molar-refractivity contribution in [2.75, 3.05) is 0 Å². The molecule has 0 atom stereocenters. The van der Waals surface area contributed by atoms with Crippen molar-refractivity contribution in [3.63, 3.8) is 0 Å². The molecule has 0 aliphatic rings. The van der Waals surface area contributed by atoms with Gasteiger partial charge in [-0.05, 0) is 24.1 Å². The molecular formula is C14H17NO5. The molecule has 108 valence electrons. The van der Waals surface area contributed by atoms with Gasteiger partial charge < -0.3 is 9.57 Å². The van der Waals surface area contributed by atoms with E-state index in [9.17, 15) is 14.9 Å².